The Bertz CT molecular complexity index is 1020. The quantitative estimate of drug-likeness (QED) is 0.528. The molecule has 2 amide bonds. The third kappa shape index (κ3) is 5.11. The molecule has 10 nitrogen and oxygen atoms in total. The van der Waals surface area contributed by atoms with Crippen LogP contribution in [-0.2, 0) is 9.53 Å². The Morgan fingerprint density at radius 2 is 1.94 bits per heavy atom. The zero-order valence-corrected chi connectivity index (χ0v) is 18.5. The first-order valence-electron chi connectivity index (χ1n) is 11.1. The predicted molar refractivity (Wildman–Crippen MR) is 121 cm³/mol. The van der Waals surface area contributed by atoms with Crippen LogP contribution in [-0.4, -0.2) is 70.4 Å². The van der Waals surface area contributed by atoms with E-state index in [2.05, 4.69) is 10.3 Å². The summed E-state index contributed by atoms with van der Waals surface area (Å²) in [4.78, 5) is 44.3. The van der Waals surface area contributed by atoms with Gasteiger partial charge in [-0.15, -0.1) is 0 Å². The molecule has 10 heteroatoms. The van der Waals surface area contributed by atoms with Gasteiger partial charge < -0.3 is 19.9 Å². The van der Waals surface area contributed by atoms with Gasteiger partial charge in [0.15, 0.2) is 0 Å². The topological polar surface area (TPSA) is 118 Å². The van der Waals surface area contributed by atoms with Gasteiger partial charge in [0.25, 0.3) is 17.5 Å². The van der Waals surface area contributed by atoms with Gasteiger partial charge in [-0.1, -0.05) is 6.07 Å². The highest BCUT2D eigenvalue weighted by molar-refractivity contribution is 5.96. The maximum absolute atomic E-state index is 13.0. The van der Waals surface area contributed by atoms with Gasteiger partial charge >= 0.3 is 0 Å². The van der Waals surface area contributed by atoms with Gasteiger partial charge in [-0.3, -0.25) is 24.7 Å². The number of ether oxygens (including phenoxy) is 1. The second-order valence-corrected chi connectivity index (χ2v) is 8.23. The molecule has 2 unspecified atom stereocenters. The first-order valence-corrected chi connectivity index (χ1v) is 11.1. The minimum Gasteiger partial charge on any atom is -0.371 e. The van der Waals surface area contributed by atoms with Crippen LogP contribution in [0.25, 0.3) is 0 Å². The number of nitro groups is 1. The number of rotatable bonds is 6. The summed E-state index contributed by atoms with van der Waals surface area (Å²) >= 11 is 0. The Hall–Kier alpha value is -3.53. The van der Waals surface area contributed by atoms with Crippen LogP contribution < -0.4 is 5.32 Å². The van der Waals surface area contributed by atoms with Crippen LogP contribution in [0, 0.1) is 10.1 Å². The van der Waals surface area contributed by atoms with E-state index in [-0.39, 0.29) is 35.2 Å². The summed E-state index contributed by atoms with van der Waals surface area (Å²) in [5, 5.41) is 14.8. The molecule has 174 valence electrons. The van der Waals surface area contributed by atoms with Crippen molar-refractivity contribution >= 4 is 23.2 Å². The number of carbonyl (C=O) groups is 2. The van der Waals surface area contributed by atoms with Gasteiger partial charge in [0.2, 0.25) is 0 Å². The molecule has 2 aliphatic heterocycles. The molecule has 1 aromatic heterocycles. The molecule has 2 saturated heterocycles. The summed E-state index contributed by atoms with van der Waals surface area (Å²) in [6.45, 7) is 4.08. The van der Waals surface area contributed by atoms with E-state index in [1.165, 1.54) is 6.07 Å². The fourth-order valence-corrected chi connectivity index (χ4v) is 4.17. The van der Waals surface area contributed by atoms with Gasteiger partial charge in [-0.05, 0) is 44.0 Å². The third-order valence-electron chi connectivity index (χ3n) is 6.03. The van der Waals surface area contributed by atoms with Crippen molar-refractivity contribution in [3.05, 3.63) is 64.0 Å². The predicted octanol–water partition coefficient (Wildman–Crippen LogP) is 2.63. The second-order valence-electron chi connectivity index (χ2n) is 8.23. The average Bonchev–Trinajstić information content (AvgIpc) is 3.39. The van der Waals surface area contributed by atoms with E-state index in [0.717, 1.165) is 18.5 Å². The van der Waals surface area contributed by atoms with Gasteiger partial charge in [-0.2, -0.15) is 0 Å². The zero-order chi connectivity index (χ0) is 23.4. The van der Waals surface area contributed by atoms with E-state index < -0.39 is 4.92 Å². The van der Waals surface area contributed by atoms with Crippen molar-refractivity contribution in [3.63, 3.8) is 0 Å². The lowest BCUT2D eigenvalue weighted by Crippen LogP contribution is -2.52. The highest BCUT2D eigenvalue weighted by Crippen LogP contribution is 2.29. The zero-order valence-electron chi connectivity index (χ0n) is 18.5. The SMILES string of the molecule is CC(Nc1ccc(C(=O)N2CCN(C(=O)C3CCCO3)CC2)cc1[N+](=O)[O-])c1ccccn1. The molecule has 1 N–H and O–H groups in total. The standard InChI is InChI=1S/C23H27N5O5/c1-16(18-5-2-3-9-24-18)25-19-8-7-17(15-20(19)28(31)32)22(29)26-10-12-27(13-11-26)23(30)21-6-4-14-33-21/h2-3,5,7-9,15-16,21,25H,4,6,10-14H2,1H3. The summed E-state index contributed by atoms with van der Waals surface area (Å²) in [6, 6.07) is 9.70. The number of benzene rings is 1. The lowest BCUT2D eigenvalue weighted by molar-refractivity contribution is -0.384. The molecule has 0 saturated carbocycles. The maximum atomic E-state index is 13.0. The van der Waals surface area contributed by atoms with E-state index in [1.54, 1.807) is 34.2 Å². The van der Waals surface area contributed by atoms with Gasteiger partial charge in [-0.25, -0.2) is 0 Å². The first-order chi connectivity index (χ1) is 15.9. The minimum absolute atomic E-state index is 0.0207. The third-order valence-corrected chi connectivity index (χ3v) is 6.03. The molecule has 1 aromatic carbocycles. The molecule has 2 fully saturated rings. The fourth-order valence-electron chi connectivity index (χ4n) is 4.17. The molecule has 3 heterocycles. The number of piperazine rings is 1. The first kappa shape index (κ1) is 22.7. The van der Waals surface area contributed by atoms with Crippen LogP contribution in [0.15, 0.2) is 42.6 Å². The van der Waals surface area contributed by atoms with E-state index in [9.17, 15) is 19.7 Å². The molecule has 33 heavy (non-hydrogen) atoms. The van der Waals surface area contributed by atoms with Crippen molar-refractivity contribution < 1.29 is 19.2 Å². The number of anilines is 1. The highest BCUT2D eigenvalue weighted by atomic mass is 16.6. The molecular weight excluding hydrogens is 426 g/mol. The smallest absolute Gasteiger partial charge is 0.293 e. The lowest BCUT2D eigenvalue weighted by atomic mass is 10.1. The number of carbonyl (C=O) groups excluding carboxylic acids is 2. The van der Waals surface area contributed by atoms with Crippen LogP contribution in [0.4, 0.5) is 11.4 Å². The number of nitro benzene ring substituents is 1. The lowest BCUT2D eigenvalue weighted by Gasteiger charge is -2.35. The summed E-state index contributed by atoms with van der Waals surface area (Å²) in [5.41, 5.74) is 1.15. The summed E-state index contributed by atoms with van der Waals surface area (Å²) in [7, 11) is 0. The van der Waals surface area contributed by atoms with Crippen molar-refractivity contribution in [2.75, 3.05) is 38.1 Å². The molecule has 0 spiro atoms. The molecule has 2 atom stereocenters. The van der Waals surface area contributed by atoms with Crippen LogP contribution in [0.1, 0.15) is 41.9 Å². The van der Waals surface area contributed by atoms with E-state index in [0.29, 0.717) is 38.5 Å². The molecule has 4 rings (SSSR count). The molecular formula is C23H27N5O5. The molecule has 0 bridgehead atoms. The van der Waals surface area contributed by atoms with Crippen LogP contribution >= 0.6 is 0 Å². The van der Waals surface area contributed by atoms with E-state index >= 15 is 0 Å². The van der Waals surface area contributed by atoms with Gasteiger partial charge in [0.1, 0.15) is 11.8 Å². The summed E-state index contributed by atoms with van der Waals surface area (Å²) in [6.07, 6.45) is 2.92. The average molecular weight is 453 g/mol. The van der Waals surface area contributed by atoms with Crippen molar-refractivity contribution in [2.24, 2.45) is 0 Å². The second kappa shape index (κ2) is 9.95. The summed E-state index contributed by atoms with van der Waals surface area (Å²) in [5.74, 6) is -0.306. The highest BCUT2D eigenvalue weighted by Gasteiger charge is 2.32. The number of pyridine rings is 1. The van der Waals surface area contributed by atoms with Crippen LogP contribution in [0.3, 0.4) is 0 Å². The fraction of sp³-hybridized carbons (Fsp3) is 0.435. The van der Waals surface area contributed by atoms with Crippen LogP contribution in [0.5, 0.6) is 0 Å². The Morgan fingerprint density at radius 1 is 1.18 bits per heavy atom. The molecule has 0 radical (unpaired) electrons. The Morgan fingerprint density at radius 3 is 2.58 bits per heavy atom. The van der Waals surface area contributed by atoms with Gasteiger partial charge in [0, 0.05) is 50.6 Å². The van der Waals surface area contributed by atoms with E-state index in [4.69, 9.17) is 4.74 Å². The summed E-state index contributed by atoms with van der Waals surface area (Å²) < 4.78 is 5.47. The normalized spacial score (nSPS) is 19.2. The maximum Gasteiger partial charge on any atom is 0.293 e. The van der Waals surface area contributed by atoms with Crippen molar-refractivity contribution in [1.29, 1.82) is 0 Å². The van der Waals surface area contributed by atoms with Gasteiger partial charge in [0.05, 0.1) is 16.7 Å². The molecule has 0 aliphatic carbocycles. The monoisotopic (exact) mass is 453 g/mol. The largest absolute Gasteiger partial charge is 0.371 e. The van der Waals surface area contributed by atoms with Crippen molar-refractivity contribution in [2.45, 2.75) is 31.9 Å². The number of nitrogens with zero attached hydrogens (tertiary/aromatic N) is 4. The number of hydrogen-bond acceptors (Lipinski definition) is 7. The Kier molecular flexibility index (Phi) is 6.83. The minimum atomic E-state index is -0.498. The van der Waals surface area contributed by atoms with Crippen molar-refractivity contribution in [1.82, 2.24) is 14.8 Å². The number of amides is 2. The van der Waals surface area contributed by atoms with Crippen LogP contribution in [0.2, 0.25) is 0 Å². The number of nitrogens with one attached hydrogen (secondary N) is 1. The number of aromatic nitrogens is 1. The van der Waals surface area contributed by atoms with Crippen molar-refractivity contribution in [3.8, 4) is 0 Å². The Labute approximate surface area is 191 Å². The van der Waals surface area contributed by atoms with E-state index in [1.807, 2.05) is 19.1 Å². The molecule has 2 aliphatic rings. The molecule has 2 aromatic rings. The Balaban J connectivity index is 1.42. The number of hydrogen-bond donors (Lipinski definition) is 1.